The van der Waals surface area contributed by atoms with Crippen LogP contribution in [0.1, 0.15) is 58.6 Å². The maximum Gasteiger partial charge on any atom is 0.0571 e. The molecule has 4 unspecified atom stereocenters. The van der Waals surface area contributed by atoms with E-state index in [4.69, 9.17) is 0 Å². The second kappa shape index (κ2) is 7.93. The van der Waals surface area contributed by atoms with E-state index in [2.05, 4.69) is 31.8 Å². The summed E-state index contributed by atoms with van der Waals surface area (Å²) in [5.41, 5.74) is 1.14. The summed E-state index contributed by atoms with van der Waals surface area (Å²) >= 11 is 0. The molecule has 2 nitrogen and oxygen atoms in total. The van der Waals surface area contributed by atoms with Crippen LogP contribution >= 0.6 is 0 Å². The summed E-state index contributed by atoms with van der Waals surface area (Å²) in [4.78, 5) is 4.36. The number of hydrogen-bond acceptors (Lipinski definition) is 2. The highest BCUT2D eigenvalue weighted by atomic mass is 16.3. The molecule has 1 aromatic heterocycles. The number of aliphatic hydroxyl groups excluding tert-OH is 1. The van der Waals surface area contributed by atoms with Gasteiger partial charge >= 0.3 is 0 Å². The molecule has 0 aliphatic heterocycles. The van der Waals surface area contributed by atoms with Gasteiger partial charge in [0.2, 0.25) is 0 Å². The number of hydrogen-bond donors (Lipinski definition) is 1. The Morgan fingerprint density at radius 1 is 1.24 bits per heavy atom. The Hall–Kier alpha value is -0.890. The van der Waals surface area contributed by atoms with Crippen LogP contribution in [0.25, 0.3) is 0 Å². The van der Waals surface area contributed by atoms with E-state index >= 15 is 0 Å². The Bertz CT molecular complexity index is 403. The van der Waals surface area contributed by atoms with Gasteiger partial charge in [-0.25, -0.2) is 0 Å². The summed E-state index contributed by atoms with van der Waals surface area (Å²) in [6, 6.07) is 6.07. The van der Waals surface area contributed by atoms with Gasteiger partial charge in [-0.1, -0.05) is 33.3 Å². The molecule has 0 saturated heterocycles. The SMILES string of the molecule is CC1CCC(C(C)C)C(C(O)CCCc2ccccn2)C1. The fourth-order valence-electron chi connectivity index (χ4n) is 3.97. The number of nitrogens with zero attached hydrogens (tertiary/aromatic N) is 1. The highest BCUT2D eigenvalue weighted by Gasteiger charge is 2.34. The van der Waals surface area contributed by atoms with Crippen LogP contribution < -0.4 is 0 Å². The smallest absolute Gasteiger partial charge is 0.0571 e. The van der Waals surface area contributed by atoms with Gasteiger partial charge in [0.05, 0.1) is 6.10 Å². The molecule has 0 amide bonds. The Morgan fingerprint density at radius 3 is 2.71 bits per heavy atom. The molecule has 2 heteroatoms. The van der Waals surface area contributed by atoms with E-state index in [1.165, 1.54) is 19.3 Å². The number of aliphatic hydroxyl groups is 1. The van der Waals surface area contributed by atoms with Crippen LogP contribution in [0.5, 0.6) is 0 Å². The summed E-state index contributed by atoms with van der Waals surface area (Å²) < 4.78 is 0. The van der Waals surface area contributed by atoms with Crippen molar-refractivity contribution in [2.75, 3.05) is 0 Å². The molecule has 21 heavy (non-hydrogen) atoms. The Morgan fingerprint density at radius 2 is 2.05 bits per heavy atom. The molecule has 0 radical (unpaired) electrons. The zero-order chi connectivity index (χ0) is 15.2. The summed E-state index contributed by atoms with van der Waals surface area (Å²) in [7, 11) is 0. The summed E-state index contributed by atoms with van der Waals surface area (Å²) in [5.74, 6) is 2.66. The first kappa shape index (κ1) is 16.5. The topological polar surface area (TPSA) is 33.1 Å². The predicted molar refractivity (Wildman–Crippen MR) is 88.0 cm³/mol. The van der Waals surface area contributed by atoms with E-state index in [9.17, 15) is 5.11 Å². The van der Waals surface area contributed by atoms with Crippen LogP contribution in [0.2, 0.25) is 0 Å². The third-order valence-corrected chi connectivity index (χ3v) is 5.23. The van der Waals surface area contributed by atoms with Gasteiger partial charge in [-0.2, -0.15) is 0 Å². The summed E-state index contributed by atoms with van der Waals surface area (Å²) in [5, 5.41) is 10.7. The molecule has 0 spiro atoms. The molecule has 1 aromatic rings. The predicted octanol–water partition coefficient (Wildman–Crippen LogP) is 4.47. The highest BCUT2D eigenvalue weighted by molar-refractivity contribution is 5.03. The molecule has 0 aromatic carbocycles. The highest BCUT2D eigenvalue weighted by Crippen LogP contribution is 2.40. The lowest BCUT2D eigenvalue weighted by molar-refractivity contribution is 0.0101. The number of aromatic nitrogens is 1. The zero-order valence-electron chi connectivity index (χ0n) is 13.8. The number of pyridine rings is 1. The van der Waals surface area contributed by atoms with Crippen molar-refractivity contribution in [3.8, 4) is 0 Å². The summed E-state index contributed by atoms with van der Waals surface area (Å²) in [6.45, 7) is 6.96. The molecular formula is C19H31NO. The van der Waals surface area contributed by atoms with Crippen LogP contribution in [0.15, 0.2) is 24.4 Å². The number of aryl methyl sites for hydroxylation is 1. The third-order valence-electron chi connectivity index (χ3n) is 5.23. The van der Waals surface area contributed by atoms with Crippen molar-refractivity contribution in [3.63, 3.8) is 0 Å². The maximum absolute atomic E-state index is 10.7. The fourth-order valence-corrected chi connectivity index (χ4v) is 3.97. The third kappa shape index (κ3) is 4.81. The van der Waals surface area contributed by atoms with Crippen LogP contribution in [0.4, 0.5) is 0 Å². The Labute approximate surface area is 130 Å². The van der Waals surface area contributed by atoms with E-state index in [0.717, 1.165) is 30.9 Å². The molecule has 1 fully saturated rings. The van der Waals surface area contributed by atoms with E-state index in [1.807, 2.05) is 18.3 Å². The van der Waals surface area contributed by atoms with Crippen molar-refractivity contribution in [2.45, 2.75) is 65.4 Å². The molecule has 1 heterocycles. The van der Waals surface area contributed by atoms with E-state index in [-0.39, 0.29) is 6.10 Å². The first-order valence-corrected chi connectivity index (χ1v) is 8.66. The van der Waals surface area contributed by atoms with Crippen LogP contribution in [-0.4, -0.2) is 16.2 Å². The fraction of sp³-hybridized carbons (Fsp3) is 0.737. The van der Waals surface area contributed by atoms with Crippen molar-refractivity contribution in [2.24, 2.45) is 23.7 Å². The first-order valence-electron chi connectivity index (χ1n) is 8.66. The van der Waals surface area contributed by atoms with Gasteiger partial charge in [0, 0.05) is 11.9 Å². The van der Waals surface area contributed by atoms with Gasteiger partial charge in [-0.3, -0.25) is 4.98 Å². The molecule has 1 aliphatic rings. The molecule has 0 bridgehead atoms. The number of rotatable bonds is 6. The van der Waals surface area contributed by atoms with Gasteiger partial charge in [-0.15, -0.1) is 0 Å². The largest absolute Gasteiger partial charge is 0.393 e. The first-order chi connectivity index (χ1) is 10.1. The average molecular weight is 289 g/mol. The minimum absolute atomic E-state index is 0.135. The Balaban J connectivity index is 1.84. The van der Waals surface area contributed by atoms with Crippen LogP contribution in [0.3, 0.4) is 0 Å². The van der Waals surface area contributed by atoms with Crippen molar-refractivity contribution < 1.29 is 5.11 Å². The second-order valence-corrected chi connectivity index (χ2v) is 7.27. The molecule has 1 aliphatic carbocycles. The molecule has 1 N–H and O–H groups in total. The van der Waals surface area contributed by atoms with Crippen molar-refractivity contribution in [1.29, 1.82) is 0 Å². The molecule has 4 atom stereocenters. The standard InChI is InChI=1S/C19H31NO/c1-14(2)17-11-10-15(3)13-18(17)19(21)9-6-8-16-7-4-5-12-20-16/h4-5,7,12,14-15,17-19,21H,6,8-11,13H2,1-3H3. The van der Waals surface area contributed by atoms with Crippen LogP contribution in [0, 0.1) is 23.7 Å². The Kier molecular flexibility index (Phi) is 6.22. The van der Waals surface area contributed by atoms with E-state index in [0.29, 0.717) is 17.8 Å². The van der Waals surface area contributed by atoms with Gasteiger partial charge < -0.3 is 5.11 Å². The van der Waals surface area contributed by atoms with Crippen molar-refractivity contribution in [1.82, 2.24) is 4.98 Å². The average Bonchev–Trinajstić information content (AvgIpc) is 2.47. The quantitative estimate of drug-likeness (QED) is 0.838. The molecule has 2 rings (SSSR count). The van der Waals surface area contributed by atoms with Gasteiger partial charge in [0.1, 0.15) is 0 Å². The van der Waals surface area contributed by atoms with Crippen molar-refractivity contribution in [3.05, 3.63) is 30.1 Å². The molecular weight excluding hydrogens is 258 g/mol. The van der Waals surface area contributed by atoms with E-state index < -0.39 is 0 Å². The normalized spacial score (nSPS) is 27.8. The molecule has 1 saturated carbocycles. The van der Waals surface area contributed by atoms with Crippen molar-refractivity contribution >= 4 is 0 Å². The lowest BCUT2D eigenvalue weighted by atomic mass is 9.67. The lowest BCUT2D eigenvalue weighted by Crippen LogP contribution is -2.36. The van der Waals surface area contributed by atoms with Gasteiger partial charge in [-0.05, 0) is 67.9 Å². The summed E-state index contributed by atoms with van der Waals surface area (Å²) in [6.07, 6.45) is 8.47. The maximum atomic E-state index is 10.7. The van der Waals surface area contributed by atoms with E-state index in [1.54, 1.807) is 0 Å². The van der Waals surface area contributed by atoms with Gasteiger partial charge in [0.25, 0.3) is 0 Å². The van der Waals surface area contributed by atoms with Crippen LogP contribution in [-0.2, 0) is 6.42 Å². The van der Waals surface area contributed by atoms with Gasteiger partial charge in [0.15, 0.2) is 0 Å². The second-order valence-electron chi connectivity index (χ2n) is 7.27. The molecule has 118 valence electrons. The lowest BCUT2D eigenvalue weighted by Gasteiger charge is -2.40. The minimum Gasteiger partial charge on any atom is -0.393 e. The minimum atomic E-state index is -0.135. The zero-order valence-corrected chi connectivity index (χ0v) is 13.8. The monoisotopic (exact) mass is 289 g/mol.